The first-order valence-corrected chi connectivity index (χ1v) is 7.44. The van der Waals surface area contributed by atoms with Gasteiger partial charge in [-0.1, -0.05) is 0 Å². The highest BCUT2D eigenvalue weighted by Crippen LogP contribution is 2.10. The molecule has 0 aromatic carbocycles. The number of hydrogen-bond acceptors (Lipinski definition) is 5. The van der Waals surface area contributed by atoms with Gasteiger partial charge in [0.05, 0.1) is 6.04 Å². The zero-order chi connectivity index (χ0) is 16.0. The van der Waals surface area contributed by atoms with Crippen LogP contribution >= 0.6 is 0 Å². The second kappa shape index (κ2) is 7.61. The van der Waals surface area contributed by atoms with Crippen LogP contribution in [0.4, 0.5) is 4.79 Å². The molecule has 1 aliphatic rings. The van der Waals surface area contributed by atoms with E-state index < -0.39 is 29.7 Å². The van der Waals surface area contributed by atoms with Gasteiger partial charge in [0.15, 0.2) is 0 Å². The number of primary amides is 1. The molecule has 7 heteroatoms. The molecule has 0 bridgehead atoms. The monoisotopic (exact) mass is 300 g/mol. The standard InChI is InChI=1S/C14H28N4O3/c1-10(17-13(20)21-14(2,3)4)11(12(15)19)18-8-5-6-16-7-9-18/h10-11,16H,5-9H2,1-4H3,(H2,15,19)(H,17,20). The SMILES string of the molecule is CC(NC(=O)OC(C)(C)C)C(C(N)=O)N1CCCNCC1. The largest absolute Gasteiger partial charge is 0.444 e. The normalized spacial score (nSPS) is 20.2. The predicted octanol–water partition coefficient (Wildman–Crippen LogP) is 0.0488. The summed E-state index contributed by atoms with van der Waals surface area (Å²) in [6.45, 7) is 10.4. The van der Waals surface area contributed by atoms with Gasteiger partial charge in [-0.25, -0.2) is 4.79 Å². The number of nitrogens with zero attached hydrogens (tertiary/aromatic N) is 1. The molecule has 2 unspecified atom stereocenters. The Balaban J connectivity index is 2.66. The third-order valence-corrected chi connectivity index (χ3v) is 3.28. The lowest BCUT2D eigenvalue weighted by Crippen LogP contribution is -2.57. The number of nitrogens with one attached hydrogen (secondary N) is 2. The molecular weight excluding hydrogens is 272 g/mol. The third-order valence-electron chi connectivity index (χ3n) is 3.28. The van der Waals surface area contributed by atoms with E-state index in [4.69, 9.17) is 10.5 Å². The second-order valence-corrected chi connectivity index (χ2v) is 6.42. The van der Waals surface area contributed by atoms with Crippen molar-refractivity contribution >= 4 is 12.0 Å². The molecule has 0 saturated carbocycles. The summed E-state index contributed by atoms with van der Waals surface area (Å²) in [5.41, 5.74) is 4.96. The summed E-state index contributed by atoms with van der Waals surface area (Å²) in [5.74, 6) is -0.430. The van der Waals surface area contributed by atoms with Crippen LogP contribution in [0.25, 0.3) is 0 Å². The van der Waals surface area contributed by atoms with Crippen molar-refractivity contribution in [2.75, 3.05) is 26.2 Å². The number of rotatable bonds is 4. The van der Waals surface area contributed by atoms with Crippen molar-refractivity contribution in [1.29, 1.82) is 0 Å². The van der Waals surface area contributed by atoms with Crippen molar-refractivity contribution < 1.29 is 14.3 Å². The smallest absolute Gasteiger partial charge is 0.407 e. The van der Waals surface area contributed by atoms with E-state index in [1.165, 1.54) is 0 Å². The quantitative estimate of drug-likeness (QED) is 0.681. The van der Waals surface area contributed by atoms with E-state index in [0.29, 0.717) is 0 Å². The van der Waals surface area contributed by atoms with E-state index in [-0.39, 0.29) is 0 Å². The zero-order valence-electron chi connectivity index (χ0n) is 13.4. The van der Waals surface area contributed by atoms with Crippen molar-refractivity contribution in [3.63, 3.8) is 0 Å². The molecule has 2 amide bonds. The second-order valence-electron chi connectivity index (χ2n) is 6.42. The van der Waals surface area contributed by atoms with Gasteiger partial charge in [0, 0.05) is 19.6 Å². The Bertz CT molecular complexity index is 360. The van der Waals surface area contributed by atoms with Crippen LogP contribution in [0.2, 0.25) is 0 Å². The minimum atomic E-state index is -0.571. The Kier molecular flexibility index (Phi) is 6.42. The van der Waals surface area contributed by atoms with Gasteiger partial charge in [-0.15, -0.1) is 0 Å². The molecule has 1 aliphatic heterocycles. The lowest BCUT2D eigenvalue weighted by atomic mass is 10.1. The number of carbonyl (C=O) groups is 2. The summed E-state index contributed by atoms with van der Waals surface area (Å²) in [7, 11) is 0. The van der Waals surface area contributed by atoms with Crippen LogP contribution in [0.5, 0.6) is 0 Å². The molecule has 0 aromatic rings. The van der Waals surface area contributed by atoms with Gasteiger partial charge in [-0.3, -0.25) is 9.69 Å². The first-order chi connectivity index (χ1) is 9.70. The van der Waals surface area contributed by atoms with Gasteiger partial charge in [0.2, 0.25) is 5.91 Å². The van der Waals surface area contributed by atoms with Crippen LogP contribution < -0.4 is 16.4 Å². The van der Waals surface area contributed by atoms with Crippen LogP contribution in [-0.4, -0.2) is 60.8 Å². The summed E-state index contributed by atoms with van der Waals surface area (Å²) < 4.78 is 5.22. The van der Waals surface area contributed by atoms with Crippen LogP contribution in [-0.2, 0) is 9.53 Å². The van der Waals surface area contributed by atoms with E-state index in [0.717, 1.165) is 32.6 Å². The predicted molar refractivity (Wildman–Crippen MR) is 80.9 cm³/mol. The number of alkyl carbamates (subject to hydrolysis) is 1. The van der Waals surface area contributed by atoms with Crippen molar-refractivity contribution in [2.24, 2.45) is 5.73 Å². The van der Waals surface area contributed by atoms with E-state index in [2.05, 4.69) is 10.6 Å². The molecule has 2 atom stereocenters. The number of nitrogens with two attached hydrogens (primary N) is 1. The lowest BCUT2D eigenvalue weighted by molar-refractivity contribution is -0.124. The van der Waals surface area contributed by atoms with E-state index in [9.17, 15) is 9.59 Å². The van der Waals surface area contributed by atoms with Crippen molar-refractivity contribution in [3.05, 3.63) is 0 Å². The van der Waals surface area contributed by atoms with Crippen molar-refractivity contribution in [3.8, 4) is 0 Å². The van der Waals surface area contributed by atoms with Gasteiger partial charge in [-0.05, 0) is 40.7 Å². The summed E-state index contributed by atoms with van der Waals surface area (Å²) in [6.07, 6.45) is 0.414. The van der Waals surface area contributed by atoms with Crippen LogP contribution in [0.1, 0.15) is 34.1 Å². The number of ether oxygens (including phenoxy) is 1. The zero-order valence-corrected chi connectivity index (χ0v) is 13.4. The molecule has 4 N–H and O–H groups in total. The van der Waals surface area contributed by atoms with Gasteiger partial charge >= 0.3 is 6.09 Å². The minimum Gasteiger partial charge on any atom is -0.444 e. The summed E-state index contributed by atoms with van der Waals surface area (Å²) in [4.78, 5) is 25.6. The first-order valence-electron chi connectivity index (χ1n) is 7.44. The molecule has 0 aromatic heterocycles. The van der Waals surface area contributed by atoms with Gasteiger partial charge in [-0.2, -0.15) is 0 Å². The fourth-order valence-corrected chi connectivity index (χ4v) is 2.46. The summed E-state index contributed by atoms with van der Waals surface area (Å²) in [6, 6.07) is -0.937. The average molecular weight is 300 g/mol. The lowest BCUT2D eigenvalue weighted by Gasteiger charge is -2.33. The van der Waals surface area contributed by atoms with Crippen LogP contribution in [0, 0.1) is 0 Å². The number of amides is 2. The molecule has 21 heavy (non-hydrogen) atoms. The molecule has 1 rings (SSSR count). The molecule has 1 saturated heterocycles. The molecule has 1 heterocycles. The Morgan fingerprint density at radius 1 is 1.29 bits per heavy atom. The third kappa shape index (κ3) is 6.31. The van der Waals surface area contributed by atoms with Crippen molar-refractivity contribution in [1.82, 2.24) is 15.5 Å². The van der Waals surface area contributed by atoms with Crippen LogP contribution in [0.15, 0.2) is 0 Å². The Morgan fingerprint density at radius 2 is 1.95 bits per heavy atom. The Labute approximate surface area is 126 Å². The molecular formula is C14H28N4O3. The highest BCUT2D eigenvalue weighted by Gasteiger charge is 2.31. The topological polar surface area (TPSA) is 96.7 Å². The maximum absolute atomic E-state index is 11.8. The maximum atomic E-state index is 11.8. The molecule has 0 aliphatic carbocycles. The minimum absolute atomic E-state index is 0.407. The summed E-state index contributed by atoms with van der Waals surface area (Å²) in [5, 5.41) is 5.99. The number of carbonyl (C=O) groups excluding carboxylic acids is 2. The molecule has 7 nitrogen and oxygen atoms in total. The van der Waals surface area contributed by atoms with Crippen LogP contribution in [0.3, 0.4) is 0 Å². The fourth-order valence-electron chi connectivity index (χ4n) is 2.46. The summed E-state index contributed by atoms with van der Waals surface area (Å²) >= 11 is 0. The maximum Gasteiger partial charge on any atom is 0.407 e. The molecule has 1 fully saturated rings. The van der Waals surface area contributed by atoms with E-state index >= 15 is 0 Å². The first kappa shape index (κ1) is 17.7. The average Bonchev–Trinajstić information content (AvgIpc) is 2.54. The highest BCUT2D eigenvalue weighted by molar-refractivity contribution is 5.81. The Hall–Kier alpha value is -1.34. The number of hydrogen-bond donors (Lipinski definition) is 3. The molecule has 122 valence electrons. The molecule has 0 spiro atoms. The van der Waals surface area contributed by atoms with E-state index in [1.54, 1.807) is 27.7 Å². The fraction of sp³-hybridized carbons (Fsp3) is 0.857. The van der Waals surface area contributed by atoms with E-state index in [1.807, 2.05) is 4.90 Å². The Morgan fingerprint density at radius 3 is 2.52 bits per heavy atom. The van der Waals surface area contributed by atoms with Gasteiger partial charge < -0.3 is 21.1 Å². The highest BCUT2D eigenvalue weighted by atomic mass is 16.6. The van der Waals surface area contributed by atoms with Gasteiger partial charge in [0.1, 0.15) is 11.6 Å². The van der Waals surface area contributed by atoms with Gasteiger partial charge in [0.25, 0.3) is 0 Å². The molecule has 0 radical (unpaired) electrons. The van der Waals surface area contributed by atoms with Crippen molar-refractivity contribution in [2.45, 2.75) is 51.8 Å².